The lowest BCUT2D eigenvalue weighted by atomic mass is 10.1. The number of nitrogens with one attached hydrogen (secondary N) is 1. The highest BCUT2D eigenvalue weighted by atomic mass is 15.1. The SMILES string of the molecule is CNCc1ccc(-c2c(C)n(C)c3ccccc23)nn1. The van der Waals surface area contributed by atoms with Crippen LogP contribution < -0.4 is 5.32 Å². The third-order valence-electron chi connectivity index (χ3n) is 3.73. The molecule has 2 heterocycles. The molecule has 0 amide bonds. The van der Waals surface area contributed by atoms with Crippen LogP contribution >= 0.6 is 0 Å². The van der Waals surface area contributed by atoms with E-state index < -0.39 is 0 Å². The number of fused-ring (bicyclic) bond motifs is 1. The molecule has 0 saturated heterocycles. The minimum atomic E-state index is 0.738. The molecule has 0 bridgehead atoms. The van der Waals surface area contributed by atoms with Crippen molar-refractivity contribution in [1.29, 1.82) is 0 Å². The second-order valence-corrected chi connectivity index (χ2v) is 4.98. The Bertz CT molecular complexity index is 741. The lowest BCUT2D eigenvalue weighted by Crippen LogP contribution is -2.07. The van der Waals surface area contributed by atoms with E-state index >= 15 is 0 Å². The normalized spacial score (nSPS) is 11.2. The van der Waals surface area contributed by atoms with Crippen molar-refractivity contribution >= 4 is 10.9 Å². The van der Waals surface area contributed by atoms with Gasteiger partial charge in [-0.2, -0.15) is 10.2 Å². The van der Waals surface area contributed by atoms with Crippen LogP contribution in [-0.4, -0.2) is 21.8 Å². The van der Waals surface area contributed by atoms with E-state index in [1.807, 2.05) is 13.1 Å². The van der Waals surface area contributed by atoms with Gasteiger partial charge in [0.15, 0.2) is 0 Å². The Hall–Kier alpha value is -2.20. The summed E-state index contributed by atoms with van der Waals surface area (Å²) in [5, 5.41) is 13.0. The molecular weight excluding hydrogens is 248 g/mol. The van der Waals surface area contributed by atoms with E-state index in [1.165, 1.54) is 22.2 Å². The van der Waals surface area contributed by atoms with Crippen molar-refractivity contribution < 1.29 is 0 Å². The number of para-hydroxylation sites is 1. The molecule has 1 N–H and O–H groups in total. The number of hydrogen-bond donors (Lipinski definition) is 1. The molecule has 3 aromatic rings. The maximum Gasteiger partial charge on any atom is 0.0954 e. The predicted molar refractivity (Wildman–Crippen MR) is 81.4 cm³/mol. The number of hydrogen-bond acceptors (Lipinski definition) is 3. The fraction of sp³-hybridized carbons (Fsp3) is 0.250. The molecule has 102 valence electrons. The molecule has 0 spiro atoms. The predicted octanol–water partition coefficient (Wildman–Crippen LogP) is 2.66. The first-order valence-electron chi connectivity index (χ1n) is 6.74. The highest BCUT2D eigenvalue weighted by molar-refractivity contribution is 5.97. The molecule has 20 heavy (non-hydrogen) atoms. The van der Waals surface area contributed by atoms with Crippen LogP contribution in [-0.2, 0) is 13.6 Å². The zero-order chi connectivity index (χ0) is 14.1. The van der Waals surface area contributed by atoms with E-state index in [1.54, 1.807) is 0 Å². The van der Waals surface area contributed by atoms with Crippen LogP contribution in [0.1, 0.15) is 11.4 Å². The lowest BCUT2D eigenvalue weighted by molar-refractivity contribution is 0.768. The summed E-state index contributed by atoms with van der Waals surface area (Å²) in [7, 11) is 3.99. The van der Waals surface area contributed by atoms with Crippen molar-refractivity contribution in [3.63, 3.8) is 0 Å². The Labute approximate surface area is 118 Å². The van der Waals surface area contributed by atoms with Gasteiger partial charge in [0.2, 0.25) is 0 Å². The average molecular weight is 266 g/mol. The van der Waals surface area contributed by atoms with Gasteiger partial charge in [-0.25, -0.2) is 0 Å². The fourth-order valence-corrected chi connectivity index (χ4v) is 2.61. The van der Waals surface area contributed by atoms with Gasteiger partial charge in [0.1, 0.15) is 0 Å². The fourth-order valence-electron chi connectivity index (χ4n) is 2.61. The molecule has 0 saturated carbocycles. The topological polar surface area (TPSA) is 42.7 Å². The number of benzene rings is 1. The second kappa shape index (κ2) is 5.06. The highest BCUT2D eigenvalue weighted by Gasteiger charge is 2.14. The van der Waals surface area contributed by atoms with Gasteiger partial charge in [0.05, 0.1) is 11.4 Å². The molecule has 1 aromatic carbocycles. The van der Waals surface area contributed by atoms with Crippen molar-refractivity contribution in [2.45, 2.75) is 13.5 Å². The third-order valence-corrected chi connectivity index (χ3v) is 3.73. The molecule has 3 rings (SSSR count). The van der Waals surface area contributed by atoms with E-state index in [0.717, 1.165) is 17.9 Å². The third kappa shape index (κ3) is 1.98. The molecule has 0 aliphatic heterocycles. The van der Waals surface area contributed by atoms with Crippen molar-refractivity contribution in [2.75, 3.05) is 7.05 Å². The monoisotopic (exact) mass is 266 g/mol. The van der Waals surface area contributed by atoms with Gasteiger partial charge in [-0.1, -0.05) is 18.2 Å². The van der Waals surface area contributed by atoms with Crippen LogP contribution in [0.25, 0.3) is 22.2 Å². The van der Waals surface area contributed by atoms with Gasteiger partial charge in [-0.15, -0.1) is 0 Å². The van der Waals surface area contributed by atoms with Crippen molar-refractivity contribution in [2.24, 2.45) is 7.05 Å². The van der Waals surface area contributed by atoms with Crippen LogP contribution in [0.5, 0.6) is 0 Å². The van der Waals surface area contributed by atoms with Crippen LogP contribution in [0.4, 0.5) is 0 Å². The summed E-state index contributed by atoms with van der Waals surface area (Å²) < 4.78 is 2.20. The summed E-state index contributed by atoms with van der Waals surface area (Å²) >= 11 is 0. The smallest absolute Gasteiger partial charge is 0.0954 e. The van der Waals surface area contributed by atoms with Crippen molar-refractivity contribution in [1.82, 2.24) is 20.1 Å². The van der Waals surface area contributed by atoms with Gasteiger partial charge >= 0.3 is 0 Å². The Kier molecular flexibility index (Phi) is 3.24. The van der Waals surface area contributed by atoms with E-state index in [9.17, 15) is 0 Å². The van der Waals surface area contributed by atoms with Crippen LogP contribution in [0.15, 0.2) is 36.4 Å². The average Bonchev–Trinajstić information content (AvgIpc) is 2.73. The minimum absolute atomic E-state index is 0.738. The molecule has 4 nitrogen and oxygen atoms in total. The van der Waals surface area contributed by atoms with E-state index in [-0.39, 0.29) is 0 Å². The van der Waals surface area contributed by atoms with Gasteiger partial charge in [-0.3, -0.25) is 0 Å². The quantitative estimate of drug-likeness (QED) is 0.792. The highest BCUT2D eigenvalue weighted by Crippen LogP contribution is 2.32. The molecule has 4 heteroatoms. The molecule has 0 radical (unpaired) electrons. The van der Waals surface area contributed by atoms with E-state index in [2.05, 4.69) is 64.4 Å². The molecule has 0 fully saturated rings. The minimum Gasteiger partial charge on any atom is -0.347 e. The molecule has 2 aromatic heterocycles. The Balaban J connectivity index is 2.16. The summed E-state index contributed by atoms with van der Waals surface area (Å²) in [6.45, 7) is 2.86. The first kappa shape index (κ1) is 12.8. The molecule has 0 atom stereocenters. The zero-order valence-corrected chi connectivity index (χ0v) is 12.0. The van der Waals surface area contributed by atoms with Crippen LogP contribution in [0.3, 0.4) is 0 Å². The summed E-state index contributed by atoms with van der Waals surface area (Å²) in [4.78, 5) is 0. The van der Waals surface area contributed by atoms with Gasteiger partial charge in [0, 0.05) is 35.8 Å². The first-order chi connectivity index (χ1) is 9.72. The molecule has 0 aliphatic carbocycles. The summed E-state index contributed by atoms with van der Waals surface area (Å²) in [6, 6.07) is 12.5. The van der Waals surface area contributed by atoms with Gasteiger partial charge in [-0.05, 0) is 32.2 Å². The van der Waals surface area contributed by atoms with Crippen molar-refractivity contribution in [3.05, 3.63) is 47.8 Å². The van der Waals surface area contributed by atoms with Crippen LogP contribution in [0, 0.1) is 6.92 Å². The largest absolute Gasteiger partial charge is 0.347 e. The zero-order valence-electron chi connectivity index (χ0n) is 12.0. The standard InChI is InChI=1S/C16H18N4/c1-11-16(13-6-4-5-7-15(13)20(11)3)14-9-8-12(10-17-2)18-19-14/h4-9,17H,10H2,1-3H3. The van der Waals surface area contributed by atoms with E-state index in [4.69, 9.17) is 0 Å². The summed E-state index contributed by atoms with van der Waals surface area (Å²) in [6.07, 6.45) is 0. The Morgan fingerprint density at radius 3 is 2.60 bits per heavy atom. The van der Waals surface area contributed by atoms with Crippen molar-refractivity contribution in [3.8, 4) is 11.3 Å². The van der Waals surface area contributed by atoms with E-state index in [0.29, 0.717) is 0 Å². The summed E-state index contributed by atoms with van der Waals surface area (Å²) in [5.74, 6) is 0. The molecule has 0 aliphatic rings. The number of aromatic nitrogens is 3. The Morgan fingerprint density at radius 2 is 1.90 bits per heavy atom. The summed E-state index contributed by atoms with van der Waals surface area (Å²) in [5.41, 5.74) is 5.49. The Morgan fingerprint density at radius 1 is 1.10 bits per heavy atom. The number of rotatable bonds is 3. The molecular formula is C16H18N4. The van der Waals surface area contributed by atoms with Gasteiger partial charge in [0.25, 0.3) is 0 Å². The second-order valence-electron chi connectivity index (χ2n) is 4.98. The maximum absolute atomic E-state index is 4.39. The number of nitrogens with zero attached hydrogens (tertiary/aromatic N) is 3. The van der Waals surface area contributed by atoms with Gasteiger partial charge < -0.3 is 9.88 Å². The van der Waals surface area contributed by atoms with Crippen LogP contribution in [0.2, 0.25) is 0 Å². The lowest BCUT2D eigenvalue weighted by Gasteiger charge is -2.03. The number of aryl methyl sites for hydroxylation is 1. The maximum atomic E-state index is 4.39. The molecule has 0 unspecified atom stereocenters. The first-order valence-corrected chi connectivity index (χ1v) is 6.74.